The highest BCUT2D eigenvalue weighted by atomic mass is 32.2. The van der Waals surface area contributed by atoms with E-state index in [9.17, 15) is 26.4 Å². The number of Topliss-reactive ketones (excluding diaryl/α,β-unsaturated/α-hetero) is 1. The lowest BCUT2D eigenvalue weighted by atomic mass is 9.68. The minimum Gasteiger partial charge on any atom is -0.466 e. The third-order valence-corrected chi connectivity index (χ3v) is 11.1. The summed E-state index contributed by atoms with van der Waals surface area (Å²) in [6.07, 6.45) is -1.45. The Kier molecular flexibility index (Phi) is 7.76. The zero-order chi connectivity index (χ0) is 33.2. The first kappa shape index (κ1) is 32.1. The molecule has 244 valence electrons. The van der Waals surface area contributed by atoms with Gasteiger partial charge in [0.25, 0.3) is 0 Å². The Hall–Kier alpha value is -3.88. The maximum atomic E-state index is 14.0. The van der Waals surface area contributed by atoms with Crippen molar-refractivity contribution in [2.75, 3.05) is 19.8 Å². The van der Waals surface area contributed by atoms with E-state index in [4.69, 9.17) is 9.47 Å². The predicted octanol–water partition coefficient (Wildman–Crippen LogP) is 5.25. The first-order valence-electron chi connectivity index (χ1n) is 14.8. The summed E-state index contributed by atoms with van der Waals surface area (Å²) < 4.78 is 83.0. The molecule has 6 rings (SSSR count). The number of pyridine rings is 2. The van der Waals surface area contributed by atoms with Gasteiger partial charge in [0.2, 0.25) is 21.7 Å². The van der Waals surface area contributed by atoms with Crippen LogP contribution in [-0.2, 0) is 32.3 Å². The molecule has 1 fully saturated rings. The van der Waals surface area contributed by atoms with Gasteiger partial charge in [-0.05, 0) is 66.8 Å². The summed E-state index contributed by atoms with van der Waals surface area (Å²) in [7, 11) is -4.04. The lowest BCUT2D eigenvalue weighted by Crippen LogP contribution is -2.47. The Bertz CT molecular complexity index is 1950. The minimum atomic E-state index is -4.70. The van der Waals surface area contributed by atoms with Crippen LogP contribution in [0.15, 0.2) is 53.7 Å². The van der Waals surface area contributed by atoms with Crippen LogP contribution in [0.4, 0.5) is 13.2 Å². The van der Waals surface area contributed by atoms with Gasteiger partial charge in [0.1, 0.15) is 16.3 Å². The van der Waals surface area contributed by atoms with Gasteiger partial charge in [0, 0.05) is 36.7 Å². The van der Waals surface area contributed by atoms with Crippen molar-refractivity contribution in [3.8, 4) is 5.88 Å². The van der Waals surface area contributed by atoms with Crippen LogP contribution in [0.25, 0.3) is 5.65 Å². The number of ether oxygens (including phenoxy) is 2. The number of halogens is 3. The van der Waals surface area contributed by atoms with E-state index >= 15 is 0 Å². The molecule has 2 aliphatic rings. The van der Waals surface area contributed by atoms with Gasteiger partial charge in [-0.25, -0.2) is 13.4 Å². The molecule has 10 nitrogen and oxygen atoms in total. The van der Waals surface area contributed by atoms with Crippen LogP contribution in [0.5, 0.6) is 5.88 Å². The molecule has 0 unspecified atom stereocenters. The van der Waals surface area contributed by atoms with Gasteiger partial charge < -0.3 is 9.47 Å². The van der Waals surface area contributed by atoms with Gasteiger partial charge in [-0.2, -0.15) is 17.5 Å². The highest BCUT2D eigenvalue weighted by Crippen LogP contribution is 2.45. The van der Waals surface area contributed by atoms with Crippen LogP contribution in [0.1, 0.15) is 66.8 Å². The van der Waals surface area contributed by atoms with E-state index in [1.54, 1.807) is 32.9 Å². The zero-order valence-electron chi connectivity index (χ0n) is 26.1. The number of sulfonamides is 1. The molecule has 3 aromatic heterocycles. The second-order valence-electron chi connectivity index (χ2n) is 12.7. The number of nitrogens with zero attached hydrogens (tertiary/aromatic N) is 5. The molecule has 14 heteroatoms. The molecule has 0 N–H and O–H groups in total. The normalized spacial score (nSPS) is 20.8. The fourth-order valence-electron chi connectivity index (χ4n) is 6.39. The van der Waals surface area contributed by atoms with Crippen molar-refractivity contribution < 1.29 is 35.9 Å². The van der Waals surface area contributed by atoms with Crippen molar-refractivity contribution in [3.63, 3.8) is 0 Å². The molecule has 2 atom stereocenters. The molecule has 4 aromatic rings. The zero-order valence-corrected chi connectivity index (χ0v) is 26.9. The van der Waals surface area contributed by atoms with E-state index in [-0.39, 0.29) is 41.9 Å². The molecule has 0 saturated carbocycles. The molecule has 1 aromatic carbocycles. The van der Waals surface area contributed by atoms with Gasteiger partial charge in [-0.3, -0.25) is 9.20 Å². The van der Waals surface area contributed by atoms with Gasteiger partial charge >= 0.3 is 6.18 Å². The third kappa shape index (κ3) is 5.35. The number of carbonyl (C=O) groups excluding carboxylic acids is 1. The molecular weight excluding hydrogens is 623 g/mol. The standard InChI is InChI=1S/C32H34F3N5O5S/c1-19-8-9-22(26(30(4,5)21(3)41)24-10-13-40-27(20(24)2)37-38-29(40)32(33,34)35)15-23(19)16-39-17-31(11-14-44-18-31)45-28-25(46(39,42)43)7-6-12-36-28/h6-10,12-13,15,26H,11,14,16-18H2,1-5H3/t26-,31-/m0/s1. The van der Waals surface area contributed by atoms with Crippen LogP contribution in [0.2, 0.25) is 0 Å². The quantitative estimate of drug-likeness (QED) is 0.276. The summed E-state index contributed by atoms with van der Waals surface area (Å²) in [6, 6.07) is 10.2. The molecule has 2 aliphatic heterocycles. The average Bonchev–Trinajstić information content (AvgIpc) is 3.61. The van der Waals surface area contributed by atoms with Crippen molar-refractivity contribution in [2.45, 2.75) is 70.2 Å². The third-order valence-electron chi connectivity index (χ3n) is 9.31. The van der Waals surface area contributed by atoms with Crippen LogP contribution >= 0.6 is 0 Å². The Morgan fingerprint density at radius 1 is 1.13 bits per heavy atom. The molecule has 1 spiro atoms. The van der Waals surface area contributed by atoms with Crippen LogP contribution in [-0.4, -0.2) is 63.4 Å². The number of aryl methyl sites for hydroxylation is 2. The van der Waals surface area contributed by atoms with Gasteiger partial charge in [0.05, 0.1) is 19.8 Å². The fourth-order valence-corrected chi connectivity index (χ4v) is 7.95. The lowest BCUT2D eigenvalue weighted by molar-refractivity contribution is -0.145. The number of aromatic nitrogens is 4. The fraction of sp³-hybridized carbons (Fsp3) is 0.438. The lowest BCUT2D eigenvalue weighted by Gasteiger charge is -2.35. The number of alkyl halides is 3. The maximum absolute atomic E-state index is 14.0. The highest BCUT2D eigenvalue weighted by Gasteiger charge is 2.47. The van der Waals surface area contributed by atoms with E-state index in [1.165, 1.54) is 29.7 Å². The maximum Gasteiger partial charge on any atom is 0.452 e. The summed E-state index contributed by atoms with van der Waals surface area (Å²) in [5.74, 6) is -1.83. The first-order valence-corrected chi connectivity index (χ1v) is 16.2. The second-order valence-corrected chi connectivity index (χ2v) is 14.6. The highest BCUT2D eigenvalue weighted by molar-refractivity contribution is 7.89. The molecular formula is C32H34F3N5O5S. The summed E-state index contributed by atoms with van der Waals surface area (Å²) >= 11 is 0. The molecule has 0 amide bonds. The molecule has 0 aliphatic carbocycles. The van der Waals surface area contributed by atoms with E-state index in [0.29, 0.717) is 35.3 Å². The van der Waals surface area contributed by atoms with Crippen LogP contribution in [0, 0.1) is 19.3 Å². The van der Waals surface area contributed by atoms with E-state index < -0.39 is 39.0 Å². The van der Waals surface area contributed by atoms with Gasteiger partial charge in [-0.1, -0.05) is 32.0 Å². The van der Waals surface area contributed by atoms with Crippen molar-refractivity contribution in [3.05, 3.63) is 82.4 Å². The number of ketones is 1. The van der Waals surface area contributed by atoms with Crippen molar-refractivity contribution in [2.24, 2.45) is 5.41 Å². The van der Waals surface area contributed by atoms with Crippen molar-refractivity contribution in [1.82, 2.24) is 23.9 Å². The Morgan fingerprint density at radius 3 is 2.57 bits per heavy atom. The van der Waals surface area contributed by atoms with E-state index in [2.05, 4.69) is 15.2 Å². The van der Waals surface area contributed by atoms with Crippen LogP contribution in [0.3, 0.4) is 0 Å². The van der Waals surface area contributed by atoms with Crippen LogP contribution < -0.4 is 4.74 Å². The summed E-state index contributed by atoms with van der Waals surface area (Å²) in [5, 5.41) is 7.23. The average molecular weight is 658 g/mol. The topological polar surface area (TPSA) is 116 Å². The molecule has 0 bridgehead atoms. The van der Waals surface area contributed by atoms with Crippen molar-refractivity contribution in [1.29, 1.82) is 0 Å². The number of hydrogen-bond donors (Lipinski definition) is 0. The Balaban J connectivity index is 1.46. The molecule has 1 saturated heterocycles. The van der Waals surface area contributed by atoms with Gasteiger partial charge in [-0.15, -0.1) is 10.2 Å². The van der Waals surface area contributed by atoms with Crippen molar-refractivity contribution >= 4 is 21.5 Å². The Morgan fingerprint density at radius 2 is 1.89 bits per heavy atom. The predicted molar refractivity (Wildman–Crippen MR) is 161 cm³/mol. The summed E-state index contributed by atoms with van der Waals surface area (Å²) in [6.45, 7) is 9.28. The second kappa shape index (κ2) is 11.1. The molecule has 46 heavy (non-hydrogen) atoms. The number of rotatable bonds is 6. The molecule has 0 radical (unpaired) electrons. The number of hydrogen-bond acceptors (Lipinski definition) is 8. The summed E-state index contributed by atoms with van der Waals surface area (Å²) in [5.41, 5.74) is 1.42. The SMILES string of the molecule is CC(=O)C(C)(C)[C@@H](c1ccc(C)c(CN2C[C@]3(CCOC3)Oc3ncccc3S2(=O)=O)c1)c1ccn2c(C(F)(F)F)nnc2c1C. The van der Waals surface area contributed by atoms with E-state index in [0.717, 1.165) is 9.96 Å². The number of carbonyl (C=O) groups is 1. The largest absolute Gasteiger partial charge is 0.466 e. The Labute approximate surface area is 264 Å². The first-order chi connectivity index (χ1) is 21.5. The monoisotopic (exact) mass is 657 g/mol. The number of benzene rings is 1. The smallest absolute Gasteiger partial charge is 0.452 e. The number of fused-ring (bicyclic) bond motifs is 2. The molecule has 5 heterocycles. The minimum absolute atomic E-state index is 0.00576. The summed E-state index contributed by atoms with van der Waals surface area (Å²) in [4.78, 5) is 17.3. The van der Waals surface area contributed by atoms with E-state index in [1.807, 2.05) is 25.1 Å². The van der Waals surface area contributed by atoms with Gasteiger partial charge in [0.15, 0.2) is 5.65 Å².